The minimum atomic E-state index is -0.135. The lowest BCUT2D eigenvalue weighted by Crippen LogP contribution is -2.49. The number of hydrogen-bond acceptors (Lipinski definition) is 4. The van der Waals surface area contributed by atoms with Crippen LogP contribution in [0.15, 0.2) is 16.5 Å². The molecule has 0 unspecified atom stereocenters. The SMILES string of the molecule is OCc1ccc(CNC2(CO)CCCCC2)o1. The zero-order chi connectivity index (χ0) is 12.1. The van der Waals surface area contributed by atoms with Crippen LogP contribution >= 0.6 is 0 Å². The summed E-state index contributed by atoms with van der Waals surface area (Å²) in [6.07, 6.45) is 5.66. The standard InChI is InChI=1S/C13H21NO3/c15-9-12-5-4-11(17-12)8-14-13(10-16)6-2-1-3-7-13/h4-5,14-16H,1-3,6-10H2. The van der Waals surface area contributed by atoms with Crippen LogP contribution in [0.2, 0.25) is 0 Å². The number of furan rings is 1. The van der Waals surface area contributed by atoms with Gasteiger partial charge in [-0.1, -0.05) is 19.3 Å². The lowest BCUT2D eigenvalue weighted by atomic mass is 9.82. The topological polar surface area (TPSA) is 65.6 Å². The minimum Gasteiger partial charge on any atom is -0.462 e. The van der Waals surface area contributed by atoms with Gasteiger partial charge in [-0.25, -0.2) is 0 Å². The zero-order valence-corrected chi connectivity index (χ0v) is 10.1. The molecular weight excluding hydrogens is 218 g/mol. The molecule has 17 heavy (non-hydrogen) atoms. The summed E-state index contributed by atoms with van der Waals surface area (Å²) in [5.74, 6) is 1.40. The van der Waals surface area contributed by atoms with Crippen molar-refractivity contribution >= 4 is 0 Å². The molecule has 4 nitrogen and oxygen atoms in total. The van der Waals surface area contributed by atoms with Crippen LogP contribution in [0.4, 0.5) is 0 Å². The Kier molecular flexibility index (Phi) is 4.20. The maximum absolute atomic E-state index is 9.54. The second-order valence-corrected chi connectivity index (χ2v) is 4.88. The molecule has 3 N–H and O–H groups in total. The number of aliphatic hydroxyl groups is 2. The highest BCUT2D eigenvalue weighted by molar-refractivity contribution is 5.07. The summed E-state index contributed by atoms with van der Waals surface area (Å²) in [7, 11) is 0. The molecule has 1 aliphatic rings. The van der Waals surface area contributed by atoms with Crippen LogP contribution in [0.25, 0.3) is 0 Å². The fourth-order valence-corrected chi connectivity index (χ4v) is 2.50. The van der Waals surface area contributed by atoms with Gasteiger partial charge in [0.05, 0.1) is 13.2 Å². The van der Waals surface area contributed by atoms with Crippen molar-refractivity contribution in [3.8, 4) is 0 Å². The summed E-state index contributed by atoms with van der Waals surface area (Å²) >= 11 is 0. The second-order valence-electron chi connectivity index (χ2n) is 4.88. The molecule has 0 aromatic carbocycles. The van der Waals surface area contributed by atoms with Crippen molar-refractivity contribution in [2.75, 3.05) is 6.61 Å². The van der Waals surface area contributed by atoms with Gasteiger partial charge in [-0.15, -0.1) is 0 Å². The molecule has 0 radical (unpaired) electrons. The van der Waals surface area contributed by atoms with E-state index in [0.29, 0.717) is 12.3 Å². The molecule has 1 aliphatic carbocycles. The maximum atomic E-state index is 9.54. The summed E-state index contributed by atoms with van der Waals surface area (Å²) in [6.45, 7) is 0.728. The van der Waals surface area contributed by atoms with E-state index < -0.39 is 0 Å². The van der Waals surface area contributed by atoms with E-state index in [1.807, 2.05) is 6.07 Å². The number of aliphatic hydroxyl groups excluding tert-OH is 2. The summed E-state index contributed by atoms with van der Waals surface area (Å²) in [5, 5.41) is 21.9. The van der Waals surface area contributed by atoms with Crippen LogP contribution < -0.4 is 5.32 Å². The van der Waals surface area contributed by atoms with E-state index in [1.54, 1.807) is 6.07 Å². The molecule has 1 saturated carbocycles. The van der Waals surface area contributed by atoms with Gasteiger partial charge in [-0.3, -0.25) is 0 Å². The van der Waals surface area contributed by atoms with Crippen molar-refractivity contribution in [1.29, 1.82) is 0 Å². The maximum Gasteiger partial charge on any atom is 0.129 e. The summed E-state index contributed by atoms with van der Waals surface area (Å²) < 4.78 is 5.42. The molecule has 1 aromatic heterocycles. The summed E-state index contributed by atoms with van der Waals surface area (Å²) in [5.41, 5.74) is -0.135. The van der Waals surface area contributed by atoms with E-state index in [0.717, 1.165) is 18.6 Å². The molecule has 0 spiro atoms. The van der Waals surface area contributed by atoms with Gasteiger partial charge in [0.1, 0.15) is 18.1 Å². The molecule has 0 saturated heterocycles. The summed E-state index contributed by atoms with van der Waals surface area (Å²) in [4.78, 5) is 0. The van der Waals surface area contributed by atoms with Gasteiger partial charge < -0.3 is 19.9 Å². The lowest BCUT2D eigenvalue weighted by molar-refractivity contribution is 0.117. The third-order valence-electron chi connectivity index (χ3n) is 3.62. The molecule has 1 heterocycles. The van der Waals surface area contributed by atoms with Crippen LogP contribution in [0.1, 0.15) is 43.6 Å². The Morgan fingerprint density at radius 3 is 2.41 bits per heavy atom. The molecule has 0 atom stereocenters. The number of rotatable bonds is 5. The quantitative estimate of drug-likeness (QED) is 0.729. The molecule has 1 fully saturated rings. The van der Waals surface area contributed by atoms with E-state index in [-0.39, 0.29) is 18.8 Å². The Labute approximate surface area is 102 Å². The van der Waals surface area contributed by atoms with Crippen molar-refractivity contribution in [2.24, 2.45) is 0 Å². The fraction of sp³-hybridized carbons (Fsp3) is 0.692. The van der Waals surface area contributed by atoms with Gasteiger partial charge in [0.25, 0.3) is 0 Å². The monoisotopic (exact) mass is 239 g/mol. The first-order valence-electron chi connectivity index (χ1n) is 6.32. The molecule has 0 bridgehead atoms. The molecular formula is C13H21NO3. The van der Waals surface area contributed by atoms with E-state index in [2.05, 4.69) is 5.32 Å². The van der Waals surface area contributed by atoms with E-state index in [1.165, 1.54) is 19.3 Å². The molecule has 0 amide bonds. The van der Waals surface area contributed by atoms with Crippen LogP contribution in [-0.2, 0) is 13.2 Å². The Morgan fingerprint density at radius 1 is 1.12 bits per heavy atom. The van der Waals surface area contributed by atoms with Crippen LogP contribution in [-0.4, -0.2) is 22.4 Å². The van der Waals surface area contributed by atoms with E-state index in [9.17, 15) is 5.11 Å². The molecule has 0 aliphatic heterocycles. The third-order valence-corrected chi connectivity index (χ3v) is 3.62. The Morgan fingerprint density at radius 2 is 1.82 bits per heavy atom. The van der Waals surface area contributed by atoms with Gasteiger partial charge in [0, 0.05) is 5.54 Å². The van der Waals surface area contributed by atoms with Gasteiger partial charge in [-0.05, 0) is 25.0 Å². The molecule has 1 aromatic rings. The molecule has 4 heteroatoms. The van der Waals surface area contributed by atoms with Gasteiger partial charge in [0.2, 0.25) is 0 Å². The minimum absolute atomic E-state index is 0.0643. The second kappa shape index (κ2) is 5.67. The predicted molar refractivity (Wildman–Crippen MR) is 64.4 cm³/mol. The largest absolute Gasteiger partial charge is 0.462 e. The third kappa shape index (κ3) is 3.09. The van der Waals surface area contributed by atoms with E-state index in [4.69, 9.17) is 9.52 Å². The van der Waals surface area contributed by atoms with Gasteiger partial charge in [0.15, 0.2) is 0 Å². The van der Waals surface area contributed by atoms with Crippen molar-refractivity contribution < 1.29 is 14.6 Å². The zero-order valence-electron chi connectivity index (χ0n) is 10.1. The number of hydrogen-bond donors (Lipinski definition) is 3. The van der Waals surface area contributed by atoms with Crippen molar-refractivity contribution in [3.63, 3.8) is 0 Å². The fourth-order valence-electron chi connectivity index (χ4n) is 2.50. The lowest BCUT2D eigenvalue weighted by Gasteiger charge is -2.36. The normalized spacial score (nSPS) is 19.4. The molecule has 2 rings (SSSR count). The van der Waals surface area contributed by atoms with Crippen LogP contribution in [0.5, 0.6) is 0 Å². The Balaban J connectivity index is 1.90. The highest BCUT2D eigenvalue weighted by Crippen LogP contribution is 2.28. The number of nitrogens with one attached hydrogen (secondary N) is 1. The van der Waals surface area contributed by atoms with Gasteiger partial charge in [-0.2, -0.15) is 0 Å². The highest BCUT2D eigenvalue weighted by Gasteiger charge is 2.30. The van der Waals surface area contributed by atoms with Gasteiger partial charge >= 0.3 is 0 Å². The van der Waals surface area contributed by atoms with Crippen LogP contribution in [0, 0.1) is 0 Å². The van der Waals surface area contributed by atoms with E-state index >= 15 is 0 Å². The first kappa shape index (κ1) is 12.6. The van der Waals surface area contributed by atoms with Crippen LogP contribution in [0.3, 0.4) is 0 Å². The highest BCUT2D eigenvalue weighted by atomic mass is 16.4. The van der Waals surface area contributed by atoms with Crippen molar-refractivity contribution in [1.82, 2.24) is 5.32 Å². The van der Waals surface area contributed by atoms with Crippen molar-refractivity contribution in [3.05, 3.63) is 23.7 Å². The average molecular weight is 239 g/mol. The van der Waals surface area contributed by atoms with Crippen molar-refractivity contribution in [2.45, 2.75) is 50.8 Å². The first-order chi connectivity index (χ1) is 8.28. The predicted octanol–water partition coefficient (Wildman–Crippen LogP) is 1.56. The first-order valence-corrected chi connectivity index (χ1v) is 6.32. The molecule has 96 valence electrons. The summed E-state index contributed by atoms with van der Waals surface area (Å²) in [6, 6.07) is 3.65. The average Bonchev–Trinajstić information content (AvgIpc) is 2.85. The Hall–Kier alpha value is -0.840. The Bertz CT molecular complexity index is 342. The smallest absolute Gasteiger partial charge is 0.129 e.